The Morgan fingerprint density at radius 3 is 3.05 bits per heavy atom. The molecule has 0 spiro atoms. The highest BCUT2D eigenvalue weighted by molar-refractivity contribution is 7.09. The van der Waals surface area contributed by atoms with Crippen molar-refractivity contribution in [3.8, 4) is 6.07 Å². The van der Waals surface area contributed by atoms with Crippen LogP contribution in [-0.4, -0.2) is 9.55 Å². The monoisotopic (exact) mass is 281 g/mol. The molecule has 100 valence electrons. The van der Waals surface area contributed by atoms with Crippen LogP contribution in [0.5, 0.6) is 0 Å². The van der Waals surface area contributed by atoms with Crippen molar-refractivity contribution in [1.29, 1.82) is 5.26 Å². The molecule has 0 N–H and O–H groups in total. The van der Waals surface area contributed by atoms with E-state index in [1.54, 1.807) is 11.3 Å². The van der Waals surface area contributed by atoms with Crippen molar-refractivity contribution in [3.63, 3.8) is 0 Å². The number of rotatable bonds is 4. The minimum absolute atomic E-state index is 0.697. The number of aryl methyl sites for hydroxylation is 1. The summed E-state index contributed by atoms with van der Waals surface area (Å²) >= 11 is 1.73. The number of hydrogen-bond acceptors (Lipinski definition) is 3. The van der Waals surface area contributed by atoms with Crippen LogP contribution in [0.3, 0.4) is 0 Å². The number of nitriles is 1. The zero-order chi connectivity index (χ0) is 13.9. The van der Waals surface area contributed by atoms with Crippen LogP contribution < -0.4 is 0 Å². The molecule has 0 saturated heterocycles. The second kappa shape index (κ2) is 5.48. The standard InChI is InChI=1S/C16H15N3S/c1-2-3-16-18-14(11-20-16)10-19-7-6-13-5-4-12(9-17)8-15(13)19/h4-8,11H,2-3,10H2,1H3. The molecule has 0 bridgehead atoms. The third-order valence-electron chi connectivity index (χ3n) is 3.30. The van der Waals surface area contributed by atoms with E-state index in [-0.39, 0.29) is 0 Å². The van der Waals surface area contributed by atoms with Gasteiger partial charge >= 0.3 is 0 Å². The average molecular weight is 281 g/mol. The number of fused-ring (bicyclic) bond motifs is 1. The molecule has 0 unspecified atom stereocenters. The van der Waals surface area contributed by atoms with Crippen LogP contribution in [0.4, 0.5) is 0 Å². The molecular weight excluding hydrogens is 266 g/mol. The Bertz CT molecular complexity index is 776. The molecule has 3 aromatic rings. The lowest BCUT2D eigenvalue weighted by atomic mass is 10.2. The maximum Gasteiger partial charge on any atom is 0.0992 e. The summed E-state index contributed by atoms with van der Waals surface area (Å²) in [5.41, 5.74) is 2.88. The first-order valence-electron chi connectivity index (χ1n) is 6.72. The Morgan fingerprint density at radius 1 is 1.35 bits per heavy atom. The highest BCUT2D eigenvalue weighted by Gasteiger charge is 2.06. The molecule has 3 nitrogen and oxygen atoms in total. The fourth-order valence-electron chi connectivity index (χ4n) is 2.32. The molecule has 2 heterocycles. The van der Waals surface area contributed by atoms with Gasteiger partial charge in [-0.2, -0.15) is 5.26 Å². The number of aromatic nitrogens is 2. The van der Waals surface area contributed by atoms with Crippen molar-refractivity contribution >= 4 is 22.2 Å². The zero-order valence-electron chi connectivity index (χ0n) is 11.3. The van der Waals surface area contributed by atoms with Gasteiger partial charge in [-0.05, 0) is 36.4 Å². The Balaban J connectivity index is 1.91. The van der Waals surface area contributed by atoms with Gasteiger partial charge in [-0.1, -0.05) is 13.0 Å². The second-order valence-corrected chi connectivity index (χ2v) is 5.75. The minimum Gasteiger partial charge on any atom is -0.341 e. The van der Waals surface area contributed by atoms with E-state index >= 15 is 0 Å². The van der Waals surface area contributed by atoms with Crippen LogP contribution >= 0.6 is 11.3 Å². The molecule has 0 saturated carbocycles. The van der Waals surface area contributed by atoms with E-state index in [4.69, 9.17) is 5.26 Å². The molecule has 0 fully saturated rings. The van der Waals surface area contributed by atoms with Crippen LogP contribution in [-0.2, 0) is 13.0 Å². The lowest BCUT2D eigenvalue weighted by molar-refractivity contribution is 0.801. The molecule has 0 aliphatic rings. The van der Waals surface area contributed by atoms with Crippen LogP contribution in [0.1, 0.15) is 29.6 Å². The molecule has 0 amide bonds. The van der Waals surface area contributed by atoms with E-state index in [0.29, 0.717) is 5.56 Å². The van der Waals surface area contributed by atoms with Crippen molar-refractivity contribution in [2.75, 3.05) is 0 Å². The van der Waals surface area contributed by atoms with Crippen LogP contribution in [0.15, 0.2) is 35.8 Å². The lowest BCUT2D eigenvalue weighted by Crippen LogP contribution is -1.98. The number of hydrogen-bond donors (Lipinski definition) is 0. The summed E-state index contributed by atoms with van der Waals surface area (Å²) in [6, 6.07) is 10.1. The largest absolute Gasteiger partial charge is 0.341 e. The summed E-state index contributed by atoms with van der Waals surface area (Å²) in [4.78, 5) is 4.66. The van der Waals surface area contributed by atoms with Crippen LogP contribution in [0.2, 0.25) is 0 Å². The fourth-order valence-corrected chi connectivity index (χ4v) is 3.21. The Hall–Kier alpha value is -2.12. The van der Waals surface area contributed by atoms with Gasteiger partial charge in [0.1, 0.15) is 0 Å². The fraction of sp³-hybridized carbons (Fsp3) is 0.250. The summed E-state index contributed by atoms with van der Waals surface area (Å²) in [5, 5.41) is 13.5. The van der Waals surface area contributed by atoms with E-state index in [1.807, 2.05) is 18.2 Å². The van der Waals surface area contributed by atoms with E-state index in [9.17, 15) is 0 Å². The SMILES string of the molecule is CCCc1nc(Cn2ccc3ccc(C#N)cc32)cs1. The summed E-state index contributed by atoms with van der Waals surface area (Å²) in [5.74, 6) is 0. The number of thiazole rings is 1. The summed E-state index contributed by atoms with van der Waals surface area (Å²) in [6.07, 6.45) is 4.24. The smallest absolute Gasteiger partial charge is 0.0992 e. The van der Waals surface area contributed by atoms with Crippen LogP contribution in [0.25, 0.3) is 10.9 Å². The molecule has 0 aliphatic carbocycles. The Morgan fingerprint density at radius 2 is 2.25 bits per heavy atom. The quantitative estimate of drug-likeness (QED) is 0.726. The molecule has 4 heteroatoms. The van der Waals surface area contributed by atoms with Crippen molar-refractivity contribution in [1.82, 2.24) is 9.55 Å². The highest BCUT2D eigenvalue weighted by atomic mass is 32.1. The predicted molar refractivity (Wildman–Crippen MR) is 81.9 cm³/mol. The van der Waals surface area contributed by atoms with Crippen molar-refractivity contribution in [2.24, 2.45) is 0 Å². The summed E-state index contributed by atoms with van der Waals surface area (Å²) < 4.78 is 2.15. The first-order chi connectivity index (χ1) is 9.80. The maximum absolute atomic E-state index is 9.01. The molecule has 20 heavy (non-hydrogen) atoms. The van der Waals surface area contributed by atoms with Gasteiger partial charge in [0.15, 0.2) is 0 Å². The van der Waals surface area contributed by atoms with E-state index in [2.05, 4.69) is 40.2 Å². The third kappa shape index (κ3) is 2.45. The van der Waals surface area contributed by atoms with E-state index in [0.717, 1.165) is 36.0 Å². The number of nitrogens with zero attached hydrogens (tertiary/aromatic N) is 3. The molecule has 3 rings (SSSR count). The van der Waals surface area contributed by atoms with Gasteiger partial charge in [-0.15, -0.1) is 11.3 Å². The molecule has 2 aromatic heterocycles. The van der Waals surface area contributed by atoms with Crippen molar-refractivity contribution in [2.45, 2.75) is 26.3 Å². The van der Waals surface area contributed by atoms with Crippen molar-refractivity contribution < 1.29 is 0 Å². The second-order valence-electron chi connectivity index (χ2n) is 4.81. The van der Waals surface area contributed by atoms with Crippen molar-refractivity contribution in [3.05, 3.63) is 52.1 Å². The van der Waals surface area contributed by atoms with Gasteiger partial charge in [-0.25, -0.2) is 4.98 Å². The normalized spacial score (nSPS) is 10.8. The van der Waals surface area contributed by atoms with Gasteiger partial charge in [0.25, 0.3) is 0 Å². The first-order valence-corrected chi connectivity index (χ1v) is 7.60. The topological polar surface area (TPSA) is 41.6 Å². The Kier molecular flexibility index (Phi) is 3.53. The Labute approximate surface area is 122 Å². The highest BCUT2D eigenvalue weighted by Crippen LogP contribution is 2.20. The number of benzene rings is 1. The molecule has 0 atom stereocenters. The van der Waals surface area contributed by atoms with Crippen LogP contribution in [0, 0.1) is 11.3 Å². The predicted octanol–water partition coefficient (Wildman–Crippen LogP) is 3.97. The van der Waals surface area contributed by atoms with Gasteiger partial charge in [0, 0.05) is 17.1 Å². The third-order valence-corrected chi connectivity index (χ3v) is 4.26. The van der Waals surface area contributed by atoms with Gasteiger partial charge in [0.2, 0.25) is 0 Å². The molecular formula is C16H15N3S. The van der Waals surface area contributed by atoms with Gasteiger partial charge in [0.05, 0.1) is 28.9 Å². The summed E-state index contributed by atoms with van der Waals surface area (Å²) in [6.45, 7) is 2.93. The first kappa shape index (κ1) is 12.9. The van der Waals surface area contributed by atoms with E-state index in [1.165, 1.54) is 5.01 Å². The average Bonchev–Trinajstić information content (AvgIpc) is 3.07. The minimum atomic E-state index is 0.697. The lowest BCUT2D eigenvalue weighted by Gasteiger charge is -2.03. The molecule has 1 aromatic carbocycles. The molecule has 0 aliphatic heterocycles. The van der Waals surface area contributed by atoms with Gasteiger partial charge in [-0.3, -0.25) is 0 Å². The van der Waals surface area contributed by atoms with E-state index < -0.39 is 0 Å². The molecule has 0 radical (unpaired) electrons. The summed E-state index contributed by atoms with van der Waals surface area (Å²) in [7, 11) is 0. The van der Waals surface area contributed by atoms with Gasteiger partial charge < -0.3 is 4.57 Å². The maximum atomic E-state index is 9.01. The zero-order valence-corrected chi connectivity index (χ0v) is 12.2.